The molecule has 2 rings (SSSR count). The fraction of sp³-hybridized carbons (Fsp3) is 0.188. The topological polar surface area (TPSA) is 47.6 Å². The van der Waals surface area contributed by atoms with Crippen LogP contribution in [-0.4, -0.2) is 19.6 Å². The SMILES string of the molecule is COc1cccc(OCC(=O)Nc2cc(F)ccc2C)c1. The maximum absolute atomic E-state index is 13.1. The molecule has 5 heteroatoms. The third-order valence-corrected chi connectivity index (χ3v) is 2.88. The van der Waals surface area contributed by atoms with Crippen LogP contribution in [0.3, 0.4) is 0 Å². The molecule has 0 spiro atoms. The third kappa shape index (κ3) is 4.21. The number of carbonyl (C=O) groups is 1. The molecule has 0 aromatic heterocycles. The minimum absolute atomic E-state index is 0.164. The van der Waals surface area contributed by atoms with Crippen LogP contribution in [0.4, 0.5) is 10.1 Å². The fourth-order valence-electron chi connectivity index (χ4n) is 1.76. The van der Waals surface area contributed by atoms with Crippen LogP contribution in [0.25, 0.3) is 0 Å². The van der Waals surface area contributed by atoms with E-state index in [0.29, 0.717) is 17.2 Å². The highest BCUT2D eigenvalue weighted by Crippen LogP contribution is 2.19. The average Bonchev–Trinajstić information content (AvgIpc) is 2.49. The Kier molecular flexibility index (Phi) is 4.77. The standard InChI is InChI=1S/C16H16FNO3/c1-11-6-7-12(17)8-15(11)18-16(19)10-21-14-5-3-4-13(9-14)20-2/h3-9H,10H2,1-2H3,(H,18,19). The van der Waals surface area contributed by atoms with Gasteiger partial charge in [0.25, 0.3) is 5.91 Å². The molecular formula is C16H16FNO3. The number of halogens is 1. The summed E-state index contributed by atoms with van der Waals surface area (Å²) < 4.78 is 23.6. The van der Waals surface area contributed by atoms with Crippen molar-refractivity contribution in [1.29, 1.82) is 0 Å². The summed E-state index contributed by atoms with van der Waals surface area (Å²) in [4.78, 5) is 11.8. The first-order chi connectivity index (χ1) is 10.1. The van der Waals surface area contributed by atoms with Gasteiger partial charge in [0.1, 0.15) is 17.3 Å². The van der Waals surface area contributed by atoms with Crippen molar-refractivity contribution in [2.24, 2.45) is 0 Å². The van der Waals surface area contributed by atoms with Gasteiger partial charge in [-0.15, -0.1) is 0 Å². The van der Waals surface area contributed by atoms with Crippen LogP contribution in [0.5, 0.6) is 11.5 Å². The van der Waals surface area contributed by atoms with Gasteiger partial charge in [-0.3, -0.25) is 4.79 Å². The van der Waals surface area contributed by atoms with E-state index in [1.807, 2.05) is 0 Å². The van der Waals surface area contributed by atoms with Gasteiger partial charge in [-0.1, -0.05) is 12.1 Å². The van der Waals surface area contributed by atoms with E-state index in [0.717, 1.165) is 5.56 Å². The number of rotatable bonds is 5. The Hall–Kier alpha value is -2.56. The van der Waals surface area contributed by atoms with Crippen molar-refractivity contribution in [3.8, 4) is 11.5 Å². The number of anilines is 1. The molecule has 0 radical (unpaired) electrons. The highest BCUT2D eigenvalue weighted by molar-refractivity contribution is 5.92. The molecule has 2 aromatic carbocycles. The summed E-state index contributed by atoms with van der Waals surface area (Å²) in [5.74, 6) is 0.422. The van der Waals surface area contributed by atoms with Gasteiger partial charge in [0.2, 0.25) is 0 Å². The Morgan fingerprint density at radius 2 is 1.95 bits per heavy atom. The fourth-order valence-corrected chi connectivity index (χ4v) is 1.76. The Bertz CT molecular complexity index is 643. The van der Waals surface area contributed by atoms with Crippen LogP contribution in [0.2, 0.25) is 0 Å². The van der Waals surface area contributed by atoms with Crippen molar-refractivity contribution in [2.45, 2.75) is 6.92 Å². The van der Waals surface area contributed by atoms with Gasteiger partial charge in [0.05, 0.1) is 7.11 Å². The van der Waals surface area contributed by atoms with Crippen LogP contribution < -0.4 is 14.8 Å². The summed E-state index contributed by atoms with van der Waals surface area (Å²) in [7, 11) is 1.55. The minimum atomic E-state index is -0.399. The second-order valence-corrected chi connectivity index (χ2v) is 4.48. The molecule has 2 aromatic rings. The maximum atomic E-state index is 13.1. The highest BCUT2D eigenvalue weighted by atomic mass is 19.1. The van der Waals surface area contributed by atoms with Crippen molar-refractivity contribution < 1.29 is 18.7 Å². The van der Waals surface area contributed by atoms with Crippen LogP contribution in [0.15, 0.2) is 42.5 Å². The average molecular weight is 289 g/mol. The predicted molar refractivity (Wildman–Crippen MR) is 78.3 cm³/mol. The second kappa shape index (κ2) is 6.74. The van der Waals surface area contributed by atoms with E-state index >= 15 is 0 Å². The maximum Gasteiger partial charge on any atom is 0.262 e. The van der Waals surface area contributed by atoms with E-state index in [2.05, 4.69) is 5.32 Å². The molecule has 110 valence electrons. The van der Waals surface area contributed by atoms with Gasteiger partial charge in [-0.25, -0.2) is 4.39 Å². The molecule has 0 fully saturated rings. The molecular weight excluding hydrogens is 273 g/mol. The van der Waals surface area contributed by atoms with Crippen LogP contribution in [0.1, 0.15) is 5.56 Å². The van der Waals surface area contributed by atoms with Gasteiger partial charge in [0, 0.05) is 11.8 Å². The largest absolute Gasteiger partial charge is 0.497 e. The molecule has 0 saturated carbocycles. The molecule has 0 bridgehead atoms. The Labute approximate surface area is 122 Å². The van der Waals surface area contributed by atoms with E-state index in [4.69, 9.17) is 9.47 Å². The number of hydrogen-bond acceptors (Lipinski definition) is 3. The molecule has 0 atom stereocenters. The minimum Gasteiger partial charge on any atom is -0.497 e. The van der Waals surface area contributed by atoms with E-state index in [9.17, 15) is 9.18 Å². The zero-order valence-corrected chi connectivity index (χ0v) is 11.9. The summed E-state index contributed by atoms with van der Waals surface area (Å²) in [5.41, 5.74) is 1.22. The lowest BCUT2D eigenvalue weighted by Gasteiger charge is -2.10. The molecule has 1 amide bonds. The quantitative estimate of drug-likeness (QED) is 0.919. The number of ether oxygens (including phenoxy) is 2. The summed E-state index contributed by atoms with van der Waals surface area (Å²) >= 11 is 0. The van der Waals surface area contributed by atoms with Gasteiger partial charge < -0.3 is 14.8 Å². The molecule has 4 nitrogen and oxygen atoms in total. The van der Waals surface area contributed by atoms with Gasteiger partial charge in [0.15, 0.2) is 6.61 Å². The normalized spacial score (nSPS) is 10.0. The van der Waals surface area contributed by atoms with E-state index in [-0.39, 0.29) is 12.5 Å². The highest BCUT2D eigenvalue weighted by Gasteiger charge is 2.07. The van der Waals surface area contributed by atoms with Gasteiger partial charge in [-0.2, -0.15) is 0 Å². The molecule has 0 heterocycles. The van der Waals surface area contributed by atoms with Crippen molar-refractivity contribution in [3.63, 3.8) is 0 Å². The Morgan fingerprint density at radius 1 is 1.19 bits per heavy atom. The first-order valence-electron chi connectivity index (χ1n) is 6.41. The number of hydrogen-bond donors (Lipinski definition) is 1. The lowest BCUT2D eigenvalue weighted by molar-refractivity contribution is -0.118. The second-order valence-electron chi connectivity index (χ2n) is 4.48. The third-order valence-electron chi connectivity index (χ3n) is 2.88. The lowest BCUT2D eigenvalue weighted by Crippen LogP contribution is -2.20. The number of methoxy groups -OCH3 is 1. The van der Waals surface area contributed by atoms with Gasteiger partial charge in [-0.05, 0) is 36.8 Å². The number of aryl methyl sites for hydroxylation is 1. The molecule has 0 saturated heterocycles. The molecule has 0 aliphatic rings. The number of nitrogens with one attached hydrogen (secondary N) is 1. The van der Waals surface area contributed by atoms with Crippen molar-refractivity contribution in [3.05, 3.63) is 53.8 Å². The summed E-state index contributed by atoms with van der Waals surface area (Å²) in [6, 6.07) is 11.2. The van der Waals surface area contributed by atoms with E-state index in [1.165, 1.54) is 12.1 Å². The van der Waals surface area contributed by atoms with Crippen LogP contribution >= 0.6 is 0 Å². The van der Waals surface area contributed by atoms with Crippen LogP contribution in [0, 0.1) is 12.7 Å². The van der Waals surface area contributed by atoms with Gasteiger partial charge >= 0.3 is 0 Å². The number of carbonyl (C=O) groups excluding carboxylic acids is 1. The van der Waals surface area contributed by atoms with E-state index < -0.39 is 5.82 Å². The summed E-state index contributed by atoms with van der Waals surface area (Å²) in [6.45, 7) is 1.63. The summed E-state index contributed by atoms with van der Waals surface area (Å²) in [5, 5.41) is 2.61. The zero-order chi connectivity index (χ0) is 15.2. The van der Waals surface area contributed by atoms with Crippen molar-refractivity contribution >= 4 is 11.6 Å². The number of benzene rings is 2. The lowest BCUT2D eigenvalue weighted by atomic mass is 10.2. The molecule has 1 N–H and O–H groups in total. The molecule has 0 unspecified atom stereocenters. The Balaban J connectivity index is 1.94. The number of amides is 1. The van der Waals surface area contributed by atoms with Crippen LogP contribution in [-0.2, 0) is 4.79 Å². The zero-order valence-electron chi connectivity index (χ0n) is 11.9. The molecule has 0 aliphatic heterocycles. The molecule has 0 aliphatic carbocycles. The molecule has 21 heavy (non-hydrogen) atoms. The first-order valence-corrected chi connectivity index (χ1v) is 6.41. The first kappa shape index (κ1) is 14.8. The van der Waals surface area contributed by atoms with E-state index in [1.54, 1.807) is 44.4 Å². The predicted octanol–water partition coefficient (Wildman–Crippen LogP) is 3.16. The Morgan fingerprint density at radius 3 is 2.71 bits per heavy atom. The summed E-state index contributed by atoms with van der Waals surface area (Å²) in [6.07, 6.45) is 0. The monoisotopic (exact) mass is 289 g/mol. The van der Waals surface area contributed by atoms with Crippen molar-refractivity contribution in [1.82, 2.24) is 0 Å². The van der Waals surface area contributed by atoms with Crippen molar-refractivity contribution in [2.75, 3.05) is 19.0 Å². The smallest absolute Gasteiger partial charge is 0.262 e.